The highest BCUT2D eigenvalue weighted by Crippen LogP contribution is 2.36. The largest absolute Gasteiger partial charge is 0.456 e. The Morgan fingerprint density at radius 2 is 2.04 bits per heavy atom. The number of amides is 2. The van der Waals surface area contributed by atoms with Crippen molar-refractivity contribution in [1.29, 1.82) is 0 Å². The maximum absolute atomic E-state index is 13.0. The van der Waals surface area contributed by atoms with E-state index in [1.165, 1.54) is 17.8 Å². The third kappa shape index (κ3) is 4.99. The Balaban J connectivity index is 1.49. The second kappa shape index (κ2) is 8.41. The summed E-state index contributed by atoms with van der Waals surface area (Å²) in [5.41, 5.74) is 0.908. The molecule has 3 rings (SSSR count). The molecule has 9 heteroatoms. The Labute approximate surface area is 163 Å². The van der Waals surface area contributed by atoms with Crippen molar-refractivity contribution in [2.45, 2.75) is 16.6 Å². The van der Waals surface area contributed by atoms with E-state index in [0.717, 1.165) is 17.0 Å². The first-order valence-electron chi connectivity index (χ1n) is 7.89. The van der Waals surface area contributed by atoms with Crippen LogP contribution < -0.4 is 10.6 Å². The molecular weight excluding hydrogens is 395 g/mol. The SMILES string of the molecule is O=C(COC(=O)C[C@@H]1Sc2ccccc2NC1=O)Nc1ccc(F)cc1Cl. The number of hydrogen-bond donors (Lipinski definition) is 2. The van der Waals surface area contributed by atoms with Crippen LogP contribution in [0.2, 0.25) is 5.02 Å². The van der Waals surface area contributed by atoms with E-state index in [2.05, 4.69) is 10.6 Å². The lowest BCUT2D eigenvalue weighted by atomic mass is 10.2. The average molecular weight is 409 g/mol. The van der Waals surface area contributed by atoms with Crippen molar-refractivity contribution in [2.75, 3.05) is 17.2 Å². The van der Waals surface area contributed by atoms with Crippen LogP contribution in [0, 0.1) is 5.82 Å². The predicted molar refractivity (Wildman–Crippen MR) is 100 cm³/mol. The number of hydrogen-bond acceptors (Lipinski definition) is 5. The fourth-order valence-electron chi connectivity index (χ4n) is 2.36. The molecule has 1 atom stereocenters. The molecule has 1 aliphatic heterocycles. The highest BCUT2D eigenvalue weighted by molar-refractivity contribution is 8.01. The molecule has 0 fully saturated rings. The highest BCUT2D eigenvalue weighted by Gasteiger charge is 2.29. The first-order chi connectivity index (χ1) is 12.9. The fraction of sp³-hybridized carbons (Fsp3) is 0.167. The van der Waals surface area contributed by atoms with Gasteiger partial charge in [0.1, 0.15) is 5.82 Å². The van der Waals surface area contributed by atoms with E-state index in [-0.39, 0.29) is 23.0 Å². The molecule has 0 aromatic heterocycles. The summed E-state index contributed by atoms with van der Waals surface area (Å²) in [6.07, 6.45) is -0.171. The highest BCUT2D eigenvalue weighted by atomic mass is 35.5. The molecule has 1 heterocycles. The molecule has 1 aliphatic rings. The van der Waals surface area contributed by atoms with Crippen LogP contribution in [0.1, 0.15) is 6.42 Å². The number of thioether (sulfide) groups is 1. The lowest BCUT2D eigenvalue weighted by molar-refractivity contribution is -0.147. The van der Waals surface area contributed by atoms with Crippen molar-refractivity contribution in [1.82, 2.24) is 0 Å². The summed E-state index contributed by atoms with van der Waals surface area (Å²) in [6.45, 7) is -0.540. The second-order valence-corrected chi connectivity index (χ2v) is 7.28. The van der Waals surface area contributed by atoms with Gasteiger partial charge in [0, 0.05) is 4.90 Å². The zero-order valence-corrected chi connectivity index (χ0v) is 15.4. The Bertz CT molecular complexity index is 909. The first kappa shape index (κ1) is 19.2. The molecule has 2 aromatic rings. The van der Waals surface area contributed by atoms with Gasteiger partial charge in [0.2, 0.25) is 5.91 Å². The second-order valence-electron chi connectivity index (χ2n) is 5.63. The summed E-state index contributed by atoms with van der Waals surface area (Å²) >= 11 is 7.08. The molecule has 0 spiro atoms. The van der Waals surface area contributed by atoms with E-state index in [1.807, 2.05) is 12.1 Å². The molecule has 0 unspecified atom stereocenters. The topological polar surface area (TPSA) is 84.5 Å². The van der Waals surface area contributed by atoms with Gasteiger partial charge in [0.05, 0.1) is 28.1 Å². The number of anilines is 2. The molecule has 2 N–H and O–H groups in total. The van der Waals surface area contributed by atoms with Gasteiger partial charge in [-0.25, -0.2) is 4.39 Å². The molecule has 0 saturated carbocycles. The van der Waals surface area contributed by atoms with Crippen LogP contribution in [0.3, 0.4) is 0 Å². The number of halogens is 2. The van der Waals surface area contributed by atoms with Crippen molar-refractivity contribution in [3.05, 3.63) is 53.3 Å². The minimum absolute atomic E-state index is 0.0311. The fourth-order valence-corrected chi connectivity index (χ4v) is 3.67. The van der Waals surface area contributed by atoms with E-state index in [0.29, 0.717) is 5.69 Å². The van der Waals surface area contributed by atoms with Gasteiger partial charge in [-0.05, 0) is 30.3 Å². The number of ether oxygens (including phenoxy) is 1. The molecule has 27 heavy (non-hydrogen) atoms. The number of carbonyl (C=O) groups is 3. The normalized spacial score (nSPS) is 15.5. The quantitative estimate of drug-likeness (QED) is 0.740. The van der Waals surface area contributed by atoms with Crippen molar-refractivity contribution in [3.8, 4) is 0 Å². The van der Waals surface area contributed by atoms with Gasteiger partial charge >= 0.3 is 5.97 Å². The first-order valence-corrected chi connectivity index (χ1v) is 9.15. The monoisotopic (exact) mass is 408 g/mol. The Morgan fingerprint density at radius 3 is 2.81 bits per heavy atom. The third-order valence-corrected chi connectivity index (χ3v) is 5.22. The third-order valence-electron chi connectivity index (χ3n) is 3.63. The maximum atomic E-state index is 13.0. The summed E-state index contributed by atoms with van der Waals surface area (Å²) in [4.78, 5) is 36.7. The van der Waals surface area contributed by atoms with Crippen LogP contribution >= 0.6 is 23.4 Å². The van der Waals surface area contributed by atoms with E-state index >= 15 is 0 Å². The zero-order valence-electron chi connectivity index (χ0n) is 13.8. The summed E-state index contributed by atoms with van der Waals surface area (Å²) in [5.74, 6) is -2.13. The number of rotatable bonds is 5. The summed E-state index contributed by atoms with van der Waals surface area (Å²) < 4.78 is 17.9. The van der Waals surface area contributed by atoms with Crippen LogP contribution in [0.25, 0.3) is 0 Å². The van der Waals surface area contributed by atoms with E-state index in [9.17, 15) is 18.8 Å². The summed E-state index contributed by atoms with van der Waals surface area (Å²) in [6, 6.07) is 10.8. The van der Waals surface area contributed by atoms with Crippen molar-refractivity contribution >= 4 is 52.5 Å². The lowest BCUT2D eigenvalue weighted by Crippen LogP contribution is -2.32. The molecule has 2 amide bonds. The number of fused-ring (bicyclic) bond motifs is 1. The smallest absolute Gasteiger partial charge is 0.307 e. The standard InChI is InChI=1S/C18H14ClFN2O4S/c19-11-7-10(20)5-6-12(11)21-16(23)9-26-17(24)8-15-18(25)22-13-3-1-2-4-14(13)27-15/h1-7,15H,8-9H2,(H,21,23)(H,22,25)/t15-/m0/s1. The van der Waals surface area contributed by atoms with Gasteiger partial charge in [-0.2, -0.15) is 0 Å². The lowest BCUT2D eigenvalue weighted by Gasteiger charge is -2.23. The molecule has 0 aliphatic carbocycles. The number of carbonyl (C=O) groups excluding carboxylic acids is 3. The van der Waals surface area contributed by atoms with E-state index in [1.54, 1.807) is 12.1 Å². The summed E-state index contributed by atoms with van der Waals surface area (Å²) in [5, 5.41) is 4.54. The van der Waals surface area contributed by atoms with E-state index < -0.39 is 29.6 Å². The Morgan fingerprint density at radius 1 is 1.26 bits per heavy atom. The van der Waals surface area contributed by atoms with Crippen molar-refractivity contribution in [3.63, 3.8) is 0 Å². The maximum Gasteiger partial charge on any atom is 0.307 e. The van der Waals surface area contributed by atoms with Gasteiger partial charge < -0.3 is 15.4 Å². The number of benzene rings is 2. The van der Waals surface area contributed by atoms with Crippen LogP contribution in [-0.4, -0.2) is 29.6 Å². The van der Waals surface area contributed by atoms with Crippen LogP contribution in [0.15, 0.2) is 47.4 Å². The van der Waals surface area contributed by atoms with Gasteiger partial charge in [-0.1, -0.05) is 23.7 Å². The average Bonchev–Trinajstić information content (AvgIpc) is 2.63. The number of nitrogens with one attached hydrogen (secondary N) is 2. The molecule has 140 valence electrons. The van der Waals surface area contributed by atoms with Crippen LogP contribution in [0.5, 0.6) is 0 Å². The Hall–Kier alpha value is -2.58. The molecule has 0 radical (unpaired) electrons. The predicted octanol–water partition coefficient (Wildman–Crippen LogP) is 3.46. The zero-order chi connectivity index (χ0) is 19.4. The minimum atomic E-state index is -0.678. The molecule has 2 aromatic carbocycles. The van der Waals surface area contributed by atoms with Crippen molar-refractivity contribution < 1.29 is 23.5 Å². The van der Waals surface area contributed by atoms with Gasteiger partial charge in [-0.3, -0.25) is 14.4 Å². The van der Waals surface area contributed by atoms with Crippen LogP contribution in [-0.2, 0) is 19.1 Å². The number of esters is 1. The number of para-hydroxylation sites is 1. The van der Waals surface area contributed by atoms with Crippen LogP contribution in [0.4, 0.5) is 15.8 Å². The molecular formula is C18H14ClFN2O4S. The van der Waals surface area contributed by atoms with E-state index in [4.69, 9.17) is 16.3 Å². The van der Waals surface area contributed by atoms with Gasteiger partial charge in [0.25, 0.3) is 5.91 Å². The van der Waals surface area contributed by atoms with Gasteiger partial charge in [-0.15, -0.1) is 11.8 Å². The molecule has 6 nitrogen and oxygen atoms in total. The minimum Gasteiger partial charge on any atom is -0.456 e. The van der Waals surface area contributed by atoms with Crippen molar-refractivity contribution in [2.24, 2.45) is 0 Å². The summed E-state index contributed by atoms with van der Waals surface area (Å²) in [7, 11) is 0. The molecule has 0 saturated heterocycles. The Kier molecular flexibility index (Phi) is 5.98. The molecule has 0 bridgehead atoms. The van der Waals surface area contributed by atoms with Gasteiger partial charge in [0.15, 0.2) is 6.61 Å².